The molecule has 1 amide bonds. The van der Waals surface area contributed by atoms with Crippen molar-refractivity contribution in [2.45, 2.75) is 53.8 Å². The third-order valence-corrected chi connectivity index (χ3v) is 10.5. The number of ether oxygens (including phenoxy) is 4. The highest BCUT2D eigenvalue weighted by atomic mass is 35.5. The van der Waals surface area contributed by atoms with E-state index in [1.165, 1.54) is 0 Å². The van der Waals surface area contributed by atoms with Gasteiger partial charge in [0.2, 0.25) is 12.2 Å². The Morgan fingerprint density at radius 3 is 1.47 bits per heavy atom. The number of amides is 1. The van der Waals surface area contributed by atoms with Gasteiger partial charge in [-0.2, -0.15) is 5.26 Å². The molecule has 0 aliphatic heterocycles. The lowest BCUT2D eigenvalue weighted by Crippen LogP contribution is -2.27. The predicted molar refractivity (Wildman–Crippen MR) is 223 cm³/mol. The van der Waals surface area contributed by atoms with E-state index < -0.39 is 24.1 Å². The number of allylic oxidation sites excluding steroid dienone is 4. The molecule has 0 spiro atoms. The van der Waals surface area contributed by atoms with Crippen molar-refractivity contribution in [1.29, 1.82) is 5.26 Å². The minimum atomic E-state index is -1.19. The lowest BCUT2D eigenvalue weighted by Gasteiger charge is -2.16. The zero-order valence-electron chi connectivity index (χ0n) is 33.1. The van der Waals surface area contributed by atoms with Gasteiger partial charge in [0.1, 0.15) is 29.1 Å². The number of esters is 2. The monoisotopic (exact) mass is 826 g/mol. The third-order valence-electron chi connectivity index (χ3n) is 10.3. The summed E-state index contributed by atoms with van der Waals surface area (Å²) in [5.41, 5.74) is 6.05. The van der Waals surface area contributed by atoms with Gasteiger partial charge in [-0.1, -0.05) is 124 Å². The van der Waals surface area contributed by atoms with Gasteiger partial charge in [0.15, 0.2) is 0 Å². The van der Waals surface area contributed by atoms with E-state index in [9.17, 15) is 19.6 Å². The molecule has 0 aromatic heterocycles. The van der Waals surface area contributed by atoms with Gasteiger partial charge in [-0.15, -0.1) is 0 Å². The Balaban J connectivity index is 0.000000252. The normalized spacial score (nSPS) is 20.9. The van der Waals surface area contributed by atoms with Gasteiger partial charge in [0.25, 0.3) is 5.91 Å². The van der Waals surface area contributed by atoms with Crippen LogP contribution in [0, 0.1) is 45.8 Å². The number of carbonyl (C=O) groups excluding carboxylic acids is 3. The highest BCUT2D eigenvalue weighted by molar-refractivity contribution is 6.29. The summed E-state index contributed by atoms with van der Waals surface area (Å²) in [6.45, 7) is 11.5. The maximum absolute atomic E-state index is 12.7. The Morgan fingerprint density at radius 1 is 0.655 bits per heavy atom. The van der Waals surface area contributed by atoms with Crippen molar-refractivity contribution in [3.05, 3.63) is 143 Å². The molecule has 6 rings (SSSR count). The standard InChI is InChI=1S/C23H24ClNO4.C23H22ClNO3.H2O/c1-14(24)12-18-19(23(18,2)3)22(27)29-20(21(25)26)15-8-7-11-17(13-15)28-16-9-5-4-6-10-16;1-15(24)12-19-21(23(19,2)3)22(26)28-20(14-25)16-8-7-11-18(13-16)27-17-9-5-4-6-10-17;/h4-13,18-20H,1-3H3,(H2,25,26);4-13,19-21H,1-3H3;1H2/b14-12-;15-12-;/t18-,19-,20?;19-,20?,21-;/m11./s1. The molecule has 0 heterocycles. The molecule has 12 heteroatoms. The average Bonchev–Trinajstić information content (AvgIpc) is 3.93. The molecule has 58 heavy (non-hydrogen) atoms. The van der Waals surface area contributed by atoms with E-state index in [1.54, 1.807) is 62.4 Å². The maximum atomic E-state index is 12.7. The first-order valence-electron chi connectivity index (χ1n) is 18.5. The minimum absolute atomic E-state index is 0. The van der Waals surface area contributed by atoms with Crippen LogP contribution in [-0.2, 0) is 23.9 Å². The van der Waals surface area contributed by atoms with Gasteiger partial charge in [-0.05, 0) is 85.0 Å². The Bertz CT molecular complexity index is 2170. The Kier molecular flexibility index (Phi) is 15.0. The molecular formula is C46H48Cl2N2O8. The van der Waals surface area contributed by atoms with Crippen LogP contribution in [0.3, 0.4) is 0 Å². The molecule has 4 aromatic rings. The lowest BCUT2D eigenvalue weighted by atomic mass is 10.1. The highest BCUT2D eigenvalue weighted by Gasteiger charge is 2.62. The number of halogens is 2. The largest absolute Gasteiger partial charge is 0.457 e. The van der Waals surface area contributed by atoms with Gasteiger partial charge in [0, 0.05) is 21.2 Å². The predicted octanol–water partition coefficient (Wildman–Crippen LogP) is 10.1. The van der Waals surface area contributed by atoms with E-state index in [0.29, 0.717) is 44.2 Å². The van der Waals surface area contributed by atoms with Crippen LogP contribution < -0.4 is 15.2 Å². The van der Waals surface area contributed by atoms with Crippen molar-refractivity contribution < 1.29 is 38.8 Å². The summed E-state index contributed by atoms with van der Waals surface area (Å²) in [6, 6.07) is 34.5. The second-order valence-corrected chi connectivity index (χ2v) is 16.5. The van der Waals surface area contributed by atoms with Crippen LogP contribution in [-0.4, -0.2) is 23.3 Å². The second-order valence-electron chi connectivity index (χ2n) is 15.3. The zero-order chi connectivity index (χ0) is 41.5. The Morgan fingerprint density at radius 2 is 1.05 bits per heavy atom. The highest BCUT2D eigenvalue weighted by Crippen LogP contribution is 2.61. The maximum Gasteiger partial charge on any atom is 0.311 e. The number of nitrogens with zero attached hydrogens (tertiary/aromatic N) is 1. The van der Waals surface area contributed by atoms with Crippen molar-refractivity contribution in [2.75, 3.05) is 0 Å². The quantitative estimate of drug-likeness (QED) is 0.130. The number of nitrogens with two attached hydrogens (primary N) is 1. The fourth-order valence-electron chi connectivity index (χ4n) is 6.94. The van der Waals surface area contributed by atoms with Crippen LogP contribution in [0.5, 0.6) is 23.0 Å². The molecule has 0 saturated heterocycles. The van der Waals surface area contributed by atoms with Gasteiger partial charge in [-0.25, -0.2) is 0 Å². The average molecular weight is 828 g/mol. The van der Waals surface area contributed by atoms with E-state index in [0.717, 1.165) is 0 Å². The molecule has 4 aromatic carbocycles. The van der Waals surface area contributed by atoms with Crippen LogP contribution in [0.4, 0.5) is 0 Å². The van der Waals surface area contributed by atoms with Gasteiger partial charge >= 0.3 is 11.9 Å². The molecule has 2 fully saturated rings. The second kappa shape index (κ2) is 19.2. The fraction of sp³-hybridized carbons (Fsp3) is 0.304. The third kappa shape index (κ3) is 11.3. The van der Waals surface area contributed by atoms with Gasteiger partial charge in [-0.3, -0.25) is 14.4 Å². The number of para-hydroxylation sites is 2. The van der Waals surface area contributed by atoms with Crippen molar-refractivity contribution in [3.63, 3.8) is 0 Å². The summed E-state index contributed by atoms with van der Waals surface area (Å²) in [7, 11) is 0. The summed E-state index contributed by atoms with van der Waals surface area (Å²) in [6.07, 6.45) is 1.54. The van der Waals surface area contributed by atoms with Crippen molar-refractivity contribution >= 4 is 41.0 Å². The molecule has 0 bridgehead atoms. The topological polar surface area (TPSA) is 169 Å². The van der Waals surface area contributed by atoms with E-state index in [-0.39, 0.29) is 45.9 Å². The van der Waals surface area contributed by atoms with E-state index in [4.69, 9.17) is 47.9 Å². The van der Waals surface area contributed by atoms with Crippen LogP contribution in [0.25, 0.3) is 0 Å². The molecule has 2 unspecified atom stereocenters. The van der Waals surface area contributed by atoms with E-state index in [1.807, 2.05) is 101 Å². The summed E-state index contributed by atoms with van der Waals surface area (Å²) in [4.78, 5) is 37.4. The lowest BCUT2D eigenvalue weighted by molar-refractivity contribution is -0.157. The molecule has 304 valence electrons. The minimum Gasteiger partial charge on any atom is -0.457 e. The zero-order valence-corrected chi connectivity index (χ0v) is 34.7. The molecule has 2 aliphatic rings. The van der Waals surface area contributed by atoms with E-state index >= 15 is 0 Å². The van der Waals surface area contributed by atoms with Crippen molar-refractivity contribution in [2.24, 2.45) is 40.2 Å². The smallest absolute Gasteiger partial charge is 0.311 e. The number of carbonyl (C=O) groups is 3. The summed E-state index contributed by atoms with van der Waals surface area (Å²) < 4.78 is 22.7. The first-order valence-corrected chi connectivity index (χ1v) is 19.2. The Labute approximate surface area is 349 Å². The molecule has 2 aliphatic carbocycles. The van der Waals surface area contributed by atoms with Crippen LogP contribution in [0.2, 0.25) is 0 Å². The van der Waals surface area contributed by atoms with Crippen LogP contribution in [0.15, 0.2) is 131 Å². The van der Waals surface area contributed by atoms with Crippen molar-refractivity contribution in [3.8, 4) is 29.1 Å². The summed E-state index contributed by atoms with van der Waals surface area (Å²) in [5, 5.41) is 10.8. The number of primary amides is 1. The number of benzene rings is 4. The van der Waals surface area contributed by atoms with Gasteiger partial charge in [0.05, 0.1) is 11.8 Å². The number of hydrogen-bond donors (Lipinski definition) is 1. The van der Waals surface area contributed by atoms with E-state index in [2.05, 4.69) is 6.07 Å². The van der Waals surface area contributed by atoms with Crippen LogP contribution in [0.1, 0.15) is 64.9 Å². The van der Waals surface area contributed by atoms with Crippen molar-refractivity contribution in [1.82, 2.24) is 0 Å². The number of hydrogen-bond acceptors (Lipinski definition) is 8. The Hall–Kier alpha value is -5.60. The molecule has 0 radical (unpaired) electrons. The summed E-state index contributed by atoms with van der Waals surface area (Å²) in [5.74, 6) is 0.151. The molecular weight excluding hydrogens is 779 g/mol. The molecule has 4 N–H and O–H groups in total. The first kappa shape index (κ1) is 45.1. The molecule has 6 atom stereocenters. The molecule has 2 saturated carbocycles. The first-order chi connectivity index (χ1) is 27.0. The summed E-state index contributed by atoms with van der Waals surface area (Å²) >= 11 is 11.9. The fourth-order valence-corrected chi connectivity index (χ4v) is 7.21. The molecule has 10 nitrogen and oxygen atoms in total. The SMILES string of the molecule is C/C(Cl)=C/[C@@H]1[C@H](C(=O)OC(C#N)c2cccc(Oc3ccccc3)c2)C1(C)C.C/C(Cl)=C/[C@@H]1[C@H](C(=O)OC(C(N)=O)c2cccc(Oc3ccccc3)c2)C1(C)C.O. The number of nitriles is 1. The van der Waals surface area contributed by atoms with Gasteiger partial charge < -0.3 is 30.2 Å². The number of rotatable bonds is 13. The van der Waals surface area contributed by atoms with Crippen LogP contribution >= 0.6 is 23.2 Å².